The molecule has 1 heterocycles. The first-order valence-corrected chi connectivity index (χ1v) is 7.68. The number of carbonyl (C=O) groups is 1. The van der Waals surface area contributed by atoms with Gasteiger partial charge in [-0.25, -0.2) is 0 Å². The van der Waals surface area contributed by atoms with Crippen molar-refractivity contribution in [2.24, 2.45) is 0 Å². The van der Waals surface area contributed by atoms with Gasteiger partial charge in [0, 0.05) is 5.69 Å². The second-order valence-electron chi connectivity index (χ2n) is 5.23. The second-order valence-corrected chi connectivity index (χ2v) is 5.23. The normalized spacial score (nSPS) is 15.8. The van der Waals surface area contributed by atoms with Gasteiger partial charge in [-0.3, -0.25) is 4.79 Å². The third kappa shape index (κ3) is 3.74. The highest BCUT2D eigenvalue weighted by atomic mass is 16.6. The fraction of sp³-hybridized carbons (Fsp3) is 0.278. The van der Waals surface area contributed by atoms with E-state index >= 15 is 0 Å². The quantitative estimate of drug-likeness (QED) is 0.920. The standard InChI is InChI=1S/C18H19NO4/c1-2-11-21-14-9-7-13(8-10-14)19-18(20)17-12-22-15-5-3-4-6-16(15)23-17/h3-10,17H,2,11-12H2,1H3,(H,19,20). The van der Waals surface area contributed by atoms with E-state index in [1.165, 1.54) is 0 Å². The van der Waals surface area contributed by atoms with E-state index in [1.54, 1.807) is 18.2 Å². The Labute approximate surface area is 135 Å². The van der Waals surface area contributed by atoms with Gasteiger partial charge in [-0.15, -0.1) is 0 Å². The lowest BCUT2D eigenvalue weighted by Crippen LogP contribution is -2.40. The van der Waals surface area contributed by atoms with Crippen molar-refractivity contribution in [3.63, 3.8) is 0 Å². The molecule has 5 heteroatoms. The second kappa shape index (κ2) is 7.05. The zero-order valence-electron chi connectivity index (χ0n) is 13.0. The van der Waals surface area contributed by atoms with Crippen LogP contribution in [0.2, 0.25) is 0 Å². The highest BCUT2D eigenvalue weighted by Gasteiger charge is 2.27. The molecule has 0 saturated carbocycles. The van der Waals surface area contributed by atoms with E-state index < -0.39 is 6.10 Å². The minimum absolute atomic E-state index is 0.195. The third-order valence-corrected chi connectivity index (χ3v) is 3.40. The fourth-order valence-corrected chi connectivity index (χ4v) is 2.23. The van der Waals surface area contributed by atoms with E-state index in [-0.39, 0.29) is 12.5 Å². The van der Waals surface area contributed by atoms with E-state index in [2.05, 4.69) is 12.2 Å². The number of nitrogens with one attached hydrogen (secondary N) is 1. The van der Waals surface area contributed by atoms with E-state index in [1.807, 2.05) is 30.3 Å². The van der Waals surface area contributed by atoms with Gasteiger partial charge in [0.25, 0.3) is 5.91 Å². The van der Waals surface area contributed by atoms with Gasteiger partial charge < -0.3 is 19.5 Å². The Kier molecular flexibility index (Phi) is 4.66. The molecule has 5 nitrogen and oxygen atoms in total. The summed E-state index contributed by atoms with van der Waals surface area (Å²) in [5, 5.41) is 2.83. The molecule has 1 aliphatic heterocycles. The number of carbonyl (C=O) groups excluding carboxylic acids is 1. The van der Waals surface area contributed by atoms with Gasteiger partial charge in [-0.05, 0) is 42.8 Å². The Morgan fingerprint density at radius 3 is 2.65 bits per heavy atom. The minimum atomic E-state index is -0.666. The first kappa shape index (κ1) is 15.2. The van der Waals surface area contributed by atoms with Crippen LogP contribution < -0.4 is 19.5 Å². The summed E-state index contributed by atoms with van der Waals surface area (Å²) in [4.78, 5) is 12.3. The largest absolute Gasteiger partial charge is 0.494 e. The molecular formula is C18H19NO4. The average Bonchev–Trinajstić information content (AvgIpc) is 2.60. The van der Waals surface area contributed by atoms with Gasteiger partial charge in [0.15, 0.2) is 11.5 Å². The van der Waals surface area contributed by atoms with E-state index in [9.17, 15) is 4.79 Å². The smallest absolute Gasteiger partial charge is 0.269 e. The predicted molar refractivity (Wildman–Crippen MR) is 87.2 cm³/mol. The molecule has 0 bridgehead atoms. The summed E-state index contributed by atoms with van der Waals surface area (Å²) in [5.74, 6) is 1.80. The molecule has 1 N–H and O–H groups in total. The van der Waals surface area contributed by atoms with Crippen LogP contribution in [-0.4, -0.2) is 25.2 Å². The maximum absolute atomic E-state index is 12.3. The molecule has 3 rings (SSSR count). The van der Waals surface area contributed by atoms with Crippen LogP contribution in [0.15, 0.2) is 48.5 Å². The summed E-state index contributed by atoms with van der Waals surface area (Å²) in [5.41, 5.74) is 0.696. The lowest BCUT2D eigenvalue weighted by Gasteiger charge is -2.25. The van der Waals surface area contributed by atoms with Crippen LogP contribution in [0.3, 0.4) is 0 Å². The molecule has 1 unspecified atom stereocenters. The van der Waals surface area contributed by atoms with Gasteiger partial charge in [-0.2, -0.15) is 0 Å². The molecule has 120 valence electrons. The van der Waals surface area contributed by atoms with Crippen LogP contribution >= 0.6 is 0 Å². The van der Waals surface area contributed by atoms with Crippen molar-refractivity contribution in [3.05, 3.63) is 48.5 Å². The van der Waals surface area contributed by atoms with E-state index in [4.69, 9.17) is 14.2 Å². The SMILES string of the molecule is CCCOc1ccc(NC(=O)C2COc3ccccc3O2)cc1. The molecule has 0 aromatic heterocycles. The summed E-state index contributed by atoms with van der Waals surface area (Å²) in [7, 11) is 0. The first-order chi connectivity index (χ1) is 11.3. The van der Waals surface area contributed by atoms with Gasteiger partial charge in [-0.1, -0.05) is 19.1 Å². The lowest BCUT2D eigenvalue weighted by molar-refractivity contribution is -0.125. The van der Waals surface area contributed by atoms with Crippen molar-refractivity contribution in [3.8, 4) is 17.2 Å². The maximum Gasteiger partial charge on any atom is 0.269 e. The fourth-order valence-electron chi connectivity index (χ4n) is 2.23. The molecule has 23 heavy (non-hydrogen) atoms. The molecule has 2 aromatic carbocycles. The van der Waals surface area contributed by atoms with Gasteiger partial charge in [0.2, 0.25) is 6.10 Å². The minimum Gasteiger partial charge on any atom is -0.494 e. The zero-order valence-corrected chi connectivity index (χ0v) is 13.0. The van der Waals surface area contributed by atoms with Crippen LogP contribution in [-0.2, 0) is 4.79 Å². The number of rotatable bonds is 5. The molecule has 0 saturated heterocycles. The van der Waals surface area contributed by atoms with Crippen molar-refractivity contribution in [1.82, 2.24) is 0 Å². The summed E-state index contributed by atoms with van der Waals surface area (Å²) >= 11 is 0. The van der Waals surface area contributed by atoms with Crippen LogP contribution in [0, 0.1) is 0 Å². The Morgan fingerprint density at radius 1 is 1.17 bits per heavy atom. The van der Waals surface area contributed by atoms with Crippen molar-refractivity contribution in [2.45, 2.75) is 19.4 Å². The number of hydrogen-bond acceptors (Lipinski definition) is 4. The number of fused-ring (bicyclic) bond motifs is 1. The molecule has 1 aliphatic rings. The summed E-state index contributed by atoms with van der Waals surface area (Å²) in [6, 6.07) is 14.6. The van der Waals surface area contributed by atoms with Crippen LogP contribution in [0.1, 0.15) is 13.3 Å². The Hall–Kier alpha value is -2.69. The van der Waals surface area contributed by atoms with Gasteiger partial charge in [0.05, 0.1) is 6.61 Å². The number of benzene rings is 2. The first-order valence-electron chi connectivity index (χ1n) is 7.68. The van der Waals surface area contributed by atoms with Crippen LogP contribution in [0.5, 0.6) is 17.2 Å². The monoisotopic (exact) mass is 313 g/mol. The van der Waals surface area contributed by atoms with E-state index in [0.717, 1.165) is 12.2 Å². The summed E-state index contributed by atoms with van der Waals surface area (Å²) in [6.45, 7) is 2.93. The highest BCUT2D eigenvalue weighted by molar-refractivity contribution is 5.94. The Balaban J connectivity index is 1.59. The van der Waals surface area contributed by atoms with Crippen LogP contribution in [0.25, 0.3) is 0 Å². The number of para-hydroxylation sites is 2. The molecule has 1 amide bonds. The number of ether oxygens (including phenoxy) is 3. The van der Waals surface area contributed by atoms with Gasteiger partial charge >= 0.3 is 0 Å². The maximum atomic E-state index is 12.3. The zero-order chi connectivity index (χ0) is 16.1. The predicted octanol–water partition coefficient (Wildman–Crippen LogP) is 3.25. The highest BCUT2D eigenvalue weighted by Crippen LogP contribution is 2.31. The van der Waals surface area contributed by atoms with Crippen molar-refractivity contribution >= 4 is 11.6 Å². The average molecular weight is 313 g/mol. The number of hydrogen-bond donors (Lipinski definition) is 1. The molecule has 2 aromatic rings. The van der Waals surface area contributed by atoms with Crippen molar-refractivity contribution in [2.75, 3.05) is 18.5 Å². The molecule has 1 atom stereocenters. The summed E-state index contributed by atoms with van der Waals surface area (Å²) in [6.07, 6.45) is 0.292. The Bertz CT molecular complexity index is 669. The molecule has 0 aliphatic carbocycles. The van der Waals surface area contributed by atoms with Crippen molar-refractivity contribution < 1.29 is 19.0 Å². The molecule has 0 radical (unpaired) electrons. The van der Waals surface area contributed by atoms with Crippen LogP contribution in [0.4, 0.5) is 5.69 Å². The van der Waals surface area contributed by atoms with E-state index in [0.29, 0.717) is 23.8 Å². The lowest BCUT2D eigenvalue weighted by atomic mass is 10.2. The van der Waals surface area contributed by atoms with Crippen molar-refractivity contribution in [1.29, 1.82) is 0 Å². The number of anilines is 1. The third-order valence-electron chi connectivity index (χ3n) is 3.40. The molecular weight excluding hydrogens is 294 g/mol. The summed E-state index contributed by atoms with van der Waals surface area (Å²) < 4.78 is 16.7. The Morgan fingerprint density at radius 2 is 1.91 bits per heavy atom. The van der Waals surface area contributed by atoms with Gasteiger partial charge in [0.1, 0.15) is 12.4 Å². The molecule has 0 fully saturated rings. The topological polar surface area (TPSA) is 56.8 Å². The molecule has 0 spiro atoms. The number of amides is 1.